The molecule has 0 saturated heterocycles. The third-order valence-corrected chi connectivity index (χ3v) is 2.24. The van der Waals surface area contributed by atoms with Crippen molar-refractivity contribution in [1.29, 1.82) is 0 Å². The first-order chi connectivity index (χ1) is 8.18. The normalized spacial score (nSPS) is 12.1. The van der Waals surface area contributed by atoms with Gasteiger partial charge in [0.05, 0.1) is 29.8 Å². The second-order valence-corrected chi connectivity index (χ2v) is 3.64. The lowest BCUT2D eigenvalue weighted by Crippen LogP contribution is -2.32. The number of carbonyl (C=O) groups is 1. The van der Waals surface area contributed by atoms with Crippen molar-refractivity contribution in [2.24, 2.45) is 5.73 Å². The number of rotatable bonds is 3. The zero-order chi connectivity index (χ0) is 12.3. The minimum absolute atomic E-state index is 0.238. The molecule has 6 heteroatoms. The first-order valence-corrected chi connectivity index (χ1v) is 5.20. The number of hydrogen-bond acceptors (Lipinski definition) is 4. The summed E-state index contributed by atoms with van der Waals surface area (Å²) in [6.07, 6.45) is 3.28. The van der Waals surface area contributed by atoms with E-state index in [0.717, 1.165) is 5.69 Å². The zero-order valence-electron chi connectivity index (χ0n) is 9.37. The molecule has 0 fully saturated rings. The third-order valence-electron chi connectivity index (χ3n) is 2.24. The number of aromatic nitrogens is 3. The molecule has 0 unspecified atom stereocenters. The highest BCUT2D eigenvalue weighted by molar-refractivity contribution is 5.96. The zero-order valence-corrected chi connectivity index (χ0v) is 9.37. The van der Waals surface area contributed by atoms with E-state index in [1.165, 1.54) is 0 Å². The molecule has 0 spiro atoms. The summed E-state index contributed by atoms with van der Waals surface area (Å²) in [6.45, 7) is 1.63. The van der Waals surface area contributed by atoms with Crippen LogP contribution in [0, 0.1) is 0 Å². The third kappa shape index (κ3) is 2.48. The molecular weight excluding hydrogens is 218 g/mol. The van der Waals surface area contributed by atoms with E-state index in [1.54, 1.807) is 30.1 Å². The maximum atomic E-state index is 11.6. The minimum atomic E-state index is -0.557. The molecule has 0 radical (unpaired) electrons. The molecule has 1 aromatic heterocycles. The summed E-state index contributed by atoms with van der Waals surface area (Å²) in [4.78, 5) is 11.6. The summed E-state index contributed by atoms with van der Waals surface area (Å²) in [5, 5.41) is 10.4. The number of anilines is 1. The van der Waals surface area contributed by atoms with Gasteiger partial charge in [-0.1, -0.05) is 17.3 Å². The summed E-state index contributed by atoms with van der Waals surface area (Å²) >= 11 is 0. The fraction of sp³-hybridized carbons (Fsp3) is 0.182. The molecule has 0 saturated carbocycles. The number of nitrogens with zero attached hydrogens (tertiary/aromatic N) is 3. The van der Waals surface area contributed by atoms with E-state index in [2.05, 4.69) is 15.6 Å². The van der Waals surface area contributed by atoms with Crippen molar-refractivity contribution in [3.05, 3.63) is 36.7 Å². The van der Waals surface area contributed by atoms with E-state index in [9.17, 15) is 4.79 Å². The lowest BCUT2D eigenvalue weighted by Gasteiger charge is -2.11. The van der Waals surface area contributed by atoms with Gasteiger partial charge >= 0.3 is 0 Å². The van der Waals surface area contributed by atoms with Gasteiger partial charge in [-0.3, -0.25) is 4.79 Å². The molecule has 0 bridgehead atoms. The van der Waals surface area contributed by atoms with Crippen molar-refractivity contribution < 1.29 is 4.79 Å². The van der Waals surface area contributed by atoms with Crippen molar-refractivity contribution in [1.82, 2.24) is 15.0 Å². The average molecular weight is 231 g/mol. The standard InChI is InChI=1S/C11H13N5O/c1-8(12)11(17)14-9-4-2-3-5-10(9)16-7-6-13-15-16/h2-8H,12H2,1H3,(H,14,17)/t8-/m1/s1. The van der Waals surface area contributed by atoms with Crippen LogP contribution in [0.2, 0.25) is 0 Å². The Morgan fingerprint density at radius 2 is 2.24 bits per heavy atom. The predicted molar refractivity (Wildman–Crippen MR) is 63.6 cm³/mol. The van der Waals surface area contributed by atoms with Gasteiger partial charge < -0.3 is 11.1 Å². The fourth-order valence-electron chi connectivity index (χ4n) is 1.36. The minimum Gasteiger partial charge on any atom is -0.323 e. The van der Waals surface area contributed by atoms with E-state index >= 15 is 0 Å². The van der Waals surface area contributed by atoms with Gasteiger partial charge in [-0.05, 0) is 19.1 Å². The largest absolute Gasteiger partial charge is 0.323 e. The molecule has 1 amide bonds. The Labute approximate surface area is 98.4 Å². The first kappa shape index (κ1) is 11.3. The van der Waals surface area contributed by atoms with Crippen molar-refractivity contribution in [2.45, 2.75) is 13.0 Å². The molecule has 2 rings (SSSR count). The van der Waals surface area contributed by atoms with Crippen LogP contribution in [0.1, 0.15) is 6.92 Å². The lowest BCUT2D eigenvalue weighted by molar-refractivity contribution is -0.117. The van der Waals surface area contributed by atoms with Gasteiger partial charge in [0.15, 0.2) is 0 Å². The van der Waals surface area contributed by atoms with Crippen LogP contribution in [0.15, 0.2) is 36.7 Å². The van der Waals surface area contributed by atoms with E-state index in [4.69, 9.17) is 5.73 Å². The monoisotopic (exact) mass is 231 g/mol. The van der Waals surface area contributed by atoms with Crippen LogP contribution < -0.4 is 11.1 Å². The number of benzene rings is 1. The summed E-state index contributed by atoms with van der Waals surface area (Å²) in [7, 11) is 0. The highest BCUT2D eigenvalue weighted by Gasteiger charge is 2.11. The number of hydrogen-bond donors (Lipinski definition) is 2. The number of nitrogens with one attached hydrogen (secondary N) is 1. The SMILES string of the molecule is C[C@@H](N)C(=O)Nc1ccccc1-n1ccnn1. The highest BCUT2D eigenvalue weighted by Crippen LogP contribution is 2.18. The maximum Gasteiger partial charge on any atom is 0.241 e. The van der Waals surface area contributed by atoms with Crippen LogP contribution in [-0.2, 0) is 4.79 Å². The molecule has 6 nitrogen and oxygen atoms in total. The second kappa shape index (κ2) is 4.75. The quantitative estimate of drug-likeness (QED) is 0.807. The van der Waals surface area contributed by atoms with Crippen LogP contribution in [0.5, 0.6) is 0 Å². The van der Waals surface area contributed by atoms with Crippen molar-refractivity contribution >= 4 is 11.6 Å². The molecule has 3 N–H and O–H groups in total. The maximum absolute atomic E-state index is 11.6. The average Bonchev–Trinajstić information content (AvgIpc) is 2.83. The Bertz CT molecular complexity index is 506. The lowest BCUT2D eigenvalue weighted by atomic mass is 10.2. The topological polar surface area (TPSA) is 85.8 Å². The summed E-state index contributed by atoms with van der Waals surface area (Å²) < 4.78 is 1.58. The van der Waals surface area contributed by atoms with Crippen LogP contribution >= 0.6 is 0 Å². The second-order valence-electron chi connectivity index (χ2n) is 3.64. The van der Waals surface area contributed by atoms with Crippen molar-refractivity contribution in [3.63, 3.8) is 0 Å². The summed E-state index contributed by atoms with van der Waals surface area (Å²) in [5.74, 6) is -0.238. The van der Waals surface area contributed by atoms with Gasteiger partial charge in [-0.15, -0.1) is 5.10 Å². The molecule has 1 heterocycles. The van der Waals surface area contributed by atoms with E-state index < -0.39 is 6.04 Å². The molecule has 0 aliphatic heterocycles. The van der Waals surface area contributed by atoms with Crippen LogP contribution in [0.3, 0.4) is 0 Å². The molecule has 0 aliphatic rings. The molecule has 1 aromatic carbocycles. The number of amides is 1. The van der Waals surface area contributed by atoms with Gasteiger partial charge in [0.1, 0.15) is 0 Å². The van der Waals surface area contributed by atoms with E-state index in [-0.39, 0.29) is 5.91 Å². The molecule has 2 aromatic rings. The number of para-hydroxylation sites is 2. The van der Waals surface area contributed by atoms with E-state index in [1.807, 2.05) is 18.2 Å². The Morgan fingerprint density at radius 1 is 1.47 bits per heavy atom. The Hall–Kier alpha value is -2.21. The Kier molecular flexibility index (Phi) is 3.15. The molecular formula is C11H13N5O. The smallest absolute Gasteiger partial charge is 0.241 e. The van der Waals surface area contributed by atoms with Crippen LogP contribution in [0.25, 0.3) is 5.69 Å². The van der Waals surface area contributed by atoms with Gasteiger partial charge in [-0.2, -0.15) is 0 Å². The van der Waals surface area contributed by atoms with Crippen LogP contribution in [-0.4, -0.2) is 26.9 Å². The van der Waals surface area contributed by atoms with Crippen molar-refractivity contribution in [3.8, 4) is 5.69 Å². The molecule has 1 atom stereocenters. The predicted octanol–water partition coefficient (Wildman–Crippen LogP) is 0.553. The molecule has 0 aliphatic carbocycles. The Balaban J connectivity index is 2.32. The number of nitrogens with two attached hydrogens (primary N) is 1. The van der Waals surface area contributed by atoms with Crippen molar-refractivity contribution in [2.75, 3.05) is 5.32 Å². The summed E-state index contributed by atoms with van der Waals surface area (Å²) in [6, 6.07) is 6.76. The van der Waals surface area contributed by atoms with Gasteiger partial charge in [0.25, 0.3) is 0 Å². The molecule has 88 valence electrons. The van der Waals surface area contributed by atoms with Gasteiger partial charge in [0, 0.05) is 0 Å². The number of carbonyl (C=O) groups excluding carboxylic acids is 1. The van der Waals surface area contributed by atoms with Gasteiger partial charge in [0.2, 0.25) is 5.91 Å². The van der Waals surface area contributed by atoms with E-state index in [0.29, 0.717) is 5.69 Å². The Morgan fingerprint density at radius 3 is 2.88 bits per heavy atom. The molecule has 17 heavy (non-hydrogen) atoms. The highest BCUT2D eigenvalue weighted by atomic mass is 16.2. The first-order valence-electron chi connectivity index (χ1n) is 5.20. The van der Waals surface area contributed by atoms with Crippen LogP contribution in [0.4, 0.5) is 5.69 Å². The van der Waals surface area contributed by atoms with Gasteiger partial charge in [-0.25, -0.2) is 4.68 Å². The summed E-state index contributed by atoms with van der Waals surface area (Å²) in [5.41, 5.74) is 6.91. The fourth-order valence-corrected chi connectivity index (χ4v) is 1.36.